The van der Waals surface area contributed by atoms with Crippen molar-refractivity contribution in [2.75, 3.05) is 0 Å². The maximum Gasteiger partial charge on any atom is 0.145 e. The summed E-state index contributed by atoms with van der Waals surface area (Å²) in [5, 5.41) is 2.35. The van der Waals surface area contributed by atoms with Crippen LogP contribution in [0.3, 0.4) is 0 Å². The molecule has 0 bridgehead atoms. The van der Waals surface area contributed by atoms with Crippen LogP contribution in [0, 0.1) is 13.8 Å². The van der Waals surface area contributed by atoms with E-state index >= 15 is 0 Å². The molecule has 0 atom stereocenters. The van der Waals surface area contributed by atoms with E-state index < -0.39 is 0 Å². The monoisotopic (exact) mass is 338 g/mol. The molecular weight excluding hydrogens is 320 g/mol. The Morgan fingerprint density at radius 2 is 1.77 bits per heavy atom. The van der Waals surface area contributed by atoms with Crippen LogP contribution in [0.2, 0.25) is 0 Å². The Bertz CT molecular complexity index is 1250. The number of benzene rings is 2. The van der Waals surface area contributed by atoms with Gasteiger partial charge in [0.15, 0.2) is 0 Å². The number of nitrogens with zero attached hydrogens (tertiary/aromatic N) is 4. The maximum absolute atomic E-state index is 4.87. The normalized spacial score (nSPS) is 11.5. The molecule has 0 N–H and O–H groups in total. The maximum atomic E-state index is 4.87. The molecule has 3 aromatic heterocycles. The molecule has 0 amide bonds. The SMILES string of the molecule is Cc1cn(-c2ccccc2)c(-c2c(C)ccc3cn4ccnc4cc23)n1. The fraction of sp³-hybridized carbons (Fsp3) is 0.0909. The van der Waals surface area contributed by atoms with Crippen LogP contribution < -0.4 is 0 Å². The number of aryl methyl sites for hydroxylation is 2. The number of fused-ring (bicyclic) bond motifs is 2. The lowest BCUT2D eigenvalue weighted by Crippen LogP contribution is -1.99. The van der Waals surface area contributed by atoms with Crippen LogP contribution in [-0.4, -0.2) is 18.9 Å². The molecule has 3 heterocycles. The highest BCUT2D eigenvalue weighted by atomic mass is 15.1. The first-order valence-corrected chi connectivity index (χ1v) is 8.68. The third-order valence-electron chi connectivity index (χ3n) is 4.82. The molecule has 0 saturated heterocycles. The average Bonchev–Trinajstić information content (AvgIpc) is 3.26. The van der Waals surface area contributed by atoms with Crippen molar-refractivity contribution in [3.63, 3.8) is 0 Å². The Labute approximate surface area is 151 Å². The summed E-state index contributed by atoms with van der Waals surface area (Å²) in [6.45, 7) is 4.18. The Kier molecular flexibility index (Phi) is 3.19. The first-order chi connectivity index (χ1) is 12.7. The molecule has 4 heteroatoms. The third-order valence-corrected chi connectivity index (χ3v) is 4.82. The lowest BCUT2D eigenvalue weighted by molar-refractivity contribution is 1.07. The zero-order chi connectivity index (χ0) is 17.7. The molecule has 0 aliphatic carbocycles. The van der Waals surface area contributed by atoms with E-state index in [0.717, 1.165) is 28.4 Å². The fourth-order valence-electron chi connectivity index (χ4n) is 3.59. The molecule has 5 rings (SSSR count). The number of para-hydroxylation sites is 1. The van der Waals surface area contributed by atoms with E-state index in [1.165, 1.54) is 16.3 Å². The molecular formula is C22H18N4. The topological polar surface area (TPSA) is 35.1 Å². The van der Waals surface area contributed by atoms with E-state index in [2.05, 4.69) is 75.7 Å². The summed E-state index contributed by atoms with van der Waals surface area (Å²) in [5.74, 6) is 0.965. The highest BCUT2D eigenvalue weighted by molar-refractivity contribution is 5.98. The lowest BCUT2D eigenvalue weighted by Gasteiger charge is -2.13. The van der Waals surface area contributed by atoms with Gasteiger partial charge >= 0.3 is 0 Å². The molecule has 126 valence electrons. The molecule has 0 aliphatic rings. The third kappa shape index (κ3) is 2.23. The average molecular weight is 338 g/mol. The van der Waals surface area contributed by atoms with Gasteiger partial charge in [-0.3, -0.25) is 4.57 Å². The van der Waals surface area contributed by atoms with Gasteiger partial charge in [-0.05, 0) is 48.4 Å². The predicted molar refractivity (Wildman–Crippen MR) is 105 cm³/mol. The molecule has 0 saturated carbocycles. The van der Waals surface area contributed by atoms with E-state index in [4.69, 9.17) is 4.98 Å². The van der Waals surface area contributed by atoms with Gasteiger partial charge in [-0.2, -0.15) is 0 Å². The van der Waals surface area contributed by atoms with Gasteiger partial charge < -0.3 is 4.40 Å². The number of aromatic nitrogens is 4. The zero-order valence-corrected chi connectivity index (χ0v) is 14.7. The summed E-state index contributed by atoms with van der Waals surface area (Å²) < 4.78 is 4.23. The summed E-state index contributed by atoms with van der Waals surface area (Å²) >= 11 is 0. The number of pyridine rings is 1. The Balaban J connectivity index is 1.86. The Hall–Kier alpha value is -3.40. The number of hydrogen-bond donors (Lipinski definition) is 0. The van der Waals surface area contributed by atoms with Gasteiger partial charge in [0.1, 0.15) is 11.5 Å². The summed E-state index contributed by atoms with van der Waals surface area (Å²) in [5.41, 5.74) is 5.42. The largest absolute Gasteiger partial charge is 0.306 e. The molecule has 0 unspecified atom stereocenters. The first kappa shape index (κ1) is 14.9. The minimum absolute atomic E-state index is 0.943. The molecule has 5 aromatic rings. The van der Waals surface area contributed by atoms with Gasteiger partial charge in [0.05, 0.1) is 5.69 Å². The van der Waals surface area contributed by atoms with Crippen molar-refractivity contribution in [2.24, 2.45) is 0 Å². The highest BCUT2D eigenvalue weighted by Gasteiger charge is 2.16. The van der Waals surface area contributed by atoms with Crippen LogP contribution in [0.5, 0.6) is 0 Å². The fourth-order valence-corrected chi connectivity index (χ4v) is 3.59. The number of hydrogen-bond acceptors (Lipinski definition) is 2. The zero-order valence-electron chi connectivity index (χ0n) is 14.7. The molecule has 26 heavy (non-hydrogen) atoms. The summed E-state index contributed by atoms with van der Waals surface area (Å²) in [6.07, 6.45) is 8.03. The van der Waals surface area contributed by atoms with Crippen LogP contribution in [-0.2, 0) is 0 Å². The van der Waals surface area contributed by atoms with Crippen LogP contribution in [0.15, 0.2) is 73.3 Å². The van der Waals surface area contributed by atoms with Crippen LogP contribution in [0.4, 0.5) is 0 Å². The van der Waals surface area contributed by atoms with E-state index in [1.54, 1.807) is 0 Å². The second kappa shape index (κ2) is 5.56. The molecule has 4 nitrogen and oxygen atoms in total. The summed E-state index contributed by atoms with van der Waals surface area (Å²) in [7, 11) is 0. The molecule has 0 radical (unpaired) electrons. The summed E-state index contributed by atoms with van der Waals surface area (Å²) in [4.78, 5) is 9.33. The van der Waals surface area contributed by atoms with Crippen molar-refractivity contribution in [1.82, 2.24) is 18.9 Å². The van der Waals surface area contributed by atoms with Gasteiger partial charge in [-0.1, -0.05) is 30.3 Å². The van der Waals surface area contributed by atoms with Crippen molar-refractivity contribution in [3.05, 3.63) is 84.6 Å². The van der Waals surface area contributed by atoms with E-state index in [0.29, 0.717) is 0 Å². The summed E-state index contributed by atoms with van der Waals surface area (Å²) in [6, 6.07) is 16.8. The van der Waals surface area contributed by atoms with Crippen molar-refractivity contribution < 1.29 is 0 Å². The van der Waals surface area contributed by atoms with Gasteiger partial charge in [-0.25, -0.2) is 9.97 Å². The highest BCUT2D eigenvalue weighted by Crippen LogP contribution is 2.33. The van der Waals surface area contributed by atoms with Crippen LogP contribution in [0.1, 0.15) is 11.3 Å². The second-order valence-corrected chi connectivity index (χ2v) is 6.64. The minimum atomic E-state index is 0.943. The predicted octanol–water partition coefficient (Wildman–Crippen LogP) is 4.96. The van der Waals surface area contributed by atoms with E-state index in [1.807, 2.05) is 25.4 Å². The van der Waals surface area contributed by atoms with Gasteiger partial charge in [-0.15, -0.1) is 0 Å². The van der Waals surface area contributed by atoms with Gasteiger partial charge in [0.2, 0.25) is 0 Å². The number of imidazole rings is 2. The van der Waals surface area contributed by atoms with Gasteiger partial charge in [0.25, 0.3) is 0 Å². The van der Waals surface area contributed by atoms with Gasteiger partial charge in [0, 0.05) is 36.0 Å². The molecule has 0 fully saturated rings. The van der Waals surface area contributed by atoms with E-state index in [9.17, 15) is 0 Å². The Morgan fingerprint density at radius 1 is 0.923 bits per heavy atom. The second-order valence-electron chi connectivity index (χ2n) is 6.64. The van der Waals surface area contributed by atoms with Crippen molar-refractivity contribution >= 4 is 16.4 Å². The quantitative estimate of drug-likeness (QED) is 0.456. The lowest BCUT2D eigenvalue weighted by atomic mass is 10.00. The van der Waals surface area contributed by atoms with Crippen molar-refractivity contribution in [2.45, 2.75) is 13.8 Å². The number of rotatable bonds is 2. The van der Waals surface area contributed by atoms with E-state index in [-0.39, 0.29) is 0 Å². The van der Waals surface area contributed by atoms with Crippen LogP contribution in [0.25, 0.3) is 33.5 Å². The molecule has 0 aliphatic heterocycles. The smallest absolute Gasteiger partial charge is 0.145 e. The minimum Gasteiger partial charge on any atom is -0.306 e. The van der Waals surface area contributed by atoms with Crippen molar-refractivity contribution in [1.29, 1.82) is 0 Å². The first-order valence-electron chi connectivity index (χ1n) is 8.68. The Morgan fingerprint density at radius 3 is 2.62 bits per heavy atom. The molecule has 0 spiro atoms. The molecule has 2 aromatic carbocycles. The van der Waals surface area contributed by atoms with Crippen LogP contribution >= 0.6 is 0 Å². The standard InChI is InChI=1S/C22H18N4/c1-15-8-9-17-14-25-11-10-23-20(25)12-19(17)21(15)22-24-16(2)13-26(22)18-6-4-3-5-7-18/h3-14H,1-2H3. The van der Waals surface area contributed by atoms with Crippen molar-refractivity contribution in [3.8, 4) is 17.1 Å².